The standard InChI is InChI=1S/C15H24N2O/c1-3-17(14-7-5-4-6-8-14)15-9-12(2)16-10-13(15)11-18/h9-10,14,18H,3-8,11H2,1-2H3. The maximum atomic E-state index is 9.49. The minimum absolute atomic E-state index is 0.0752. The lowest BCUT2D eigenvalue weighted by Gasteiger charge is -2.36. The Hall–Kier alpha value is -1.09. The van der Waals surface area contributed by atoms with Gasteiger partial charge < -0.3 is 10.0 Å². The molecule has 0 amide bonds. The van der Waals surface area contributed by atoms with Gasteiger partial charge in [0.1, 0.15) is 0 Å². The Balaban J connectivity index is 2.27. The van der Waals surface area contributed by atoms with E-state index >= 15 is 0 Å². The average Bonchev–Trinajstić information content (AvgIpc) is 2.41. The molecule has 1 aliphatic carbocycles. The summed E-state index contributed by atoms with van der Waals surface area (Å²) < 4.78 is 0. The maximum Gasteiger partial charge on any atom is 0.0717 e. The Labute approximate surface area is 110 Å². The first-order valence-electron chi connectivity index (χ1n) is 7.09. The van der Waals surface area contributed by atoms with Gasteiger partial charge in [0, 0.05) is 35.7 Å². The van der Waals surface area contributed by atoms with Gasteiger partial charge >= 0.3 is 0 Å². The molecule has 1 aromatic rings. The molecule has 0 radical (unpaired) electrons. The van der Waals surface area contributed by atoms with E-state index in [9.17, 15) is 5.11 Å². The van der Waals surface area contributed by atoms with Gasteiger partial charge in [-0.3, -0.25) is 4.98 Å². The third-order valence-electron chi connectivity index (χ3n) is 3.93. The van der Waals surface area contributed by atoms with Gasteiger partial charge in [0.15, 0.2) is 0 Å². The highest BCUT2D eigenvalue weighted by atomic mass is 16.3. The molecule has 0 bridgehead atoms. The Morgan fingerprint density at radius 2 is 2.06 bits per heavy atom. The Morgan fingerprint density at radius 3 is 2.67 bits per heavy atom. The molecule has 18 heavy (non-hydrogen) atoms. The fourth-order valence-electron chi connectivity index (χ4n) is 2.98. The first kappa shape index (κ1) is 13.3. The molecular formula is C15H24N2O. The number of aliphatic hydroxyl groups excluding tert-OH is 1. The van der Waals surface area contributed by atoms with Crippen LogP contribution in [0.2, 0.25) is 0 Å². The van der Waals surface area contributed by atoms with Crippen LogP contribution in [0.25, 0.3) is 0 Å². The van der Waals surface area contributed by atoms with Gasteiger partial charge in [-0.25, -0.2) is 0 Å². The zero-order valence-corrected chi connectivity index (χ0v) is 11.5. The third kappa shape index (κ3) is 2.83. The molecule has 1 heterocycles. The fraction of sp³-hybridized carbons (Fsp3) is 0.667. The maximum absolute atomic E-state index is 9.49. The molecular weight excluding hydrogens is 224 g/mol. The summed E-state index contributed by atoms with van der Waals surface area (Å²) in [5.41, 5.74) is 3.16. The quantitative estimate of drug-likeness (QED) is 0.889. The van der Waals surface area contributed by atoms with Crippen molar-refractivity contribution in [1.29, 1.82) is 0 Å². The predicted octanol–water partition coefficient (Wildman–Crippen LogP) is 3.04. The lowest BCUT2D eigenvalue weighted by Crippen LogP contribution is -2.37. The Bertz CT molecular complexity index is 386. The molecule has 100 valence electrons. The Morgan fingerprint density at radius 1 is 1.33 bits per heavy atom. The van der Waals surface area contributed by atoms with Crippen molar-refractivity contribution in [3.63, 3.8) is 0 Å². The molecule has 0 aliphatic heterocycles. The van der Waals surface area contributed by atoms with Crippen LogP contribution >= 0.6 is 0 Å². The van der Waals surface area contributed by atoms with E-state index in [4.69, 9.17) is 0 Å². The van der Waals surface area contributed by atoms with E-state index in [2.05, 4.69) is 22.9 Å². The molecule has 2 rings (SSSR count). The second-order valence-electron chi connectivity index (χ2n) is 5.19. The van der Waals surface area contributed by atoms with Crippen molar-refractivity contribution in [2.75, 3.05) is 11.4 Å². The van der Waals surface area contributed by atoms with Crippen LogP contribution in [-0.4, -0.2) is 22.7 Å². The summed E-state index contributed by atoms with van der Waals surface area (Å²) in [4.78, 5) is 6.74. The van der Waals surface area contributed by atoms with Gasteiger partial charge in [-0.2, -0.15) is 0 Å². The van der Waals surface area contributed by atoms with Gasteiger partial charge in [0.05, 0.1) is 6.61 Å². The predicted molar refractivity (Wildman–Crippen MR) is 74.8 cm³/mol. The van der Waals surface area contributed by atoms with Gasteiger partial charge in [0.2, 0.25) is 0 Å². The highest BCUT2D eigenvalue weighted by Gasteiger charge is 2.22. The number of aromatic nitrogens is 1. The van der Waals surface area contributed by atoms with Crippen molar-refractivity contribution in [3.8, 4) is 0 Å². The van der Waals surface area contributed by atoms with Crippen LogP contribution in [0.15, 0.2) is 12.3 Å². The van der Waals surface area contributed by atoms with Crippen LogP contribution < -0.4 is 4.90 Å². The zero-order valence-electron chi connectivity index (χ0n) is 11.5. The summed E-state index contributed by atoms with van der Waals surface area (Å²) in [5, 5.41) is 9.49. The molecule has 0 saturated heterocycles. The molecule has 1 fully saturated rings. The number of rotatable bonds is 4. The number of nitrogens with zero attached hydrogens (tertiary/aromatic N) is 2. The molecule has 1 N–H and O–H groups in total. The van der Waals surface area contributed by atoms with Crippen molar-refractivity contribution >= 4 is 5.69 Å². The summed E-state index contributed by atoms with van der Waals surface area (Å²) >= 11 is 0. The topological polar surface area (TPSA) is 36.4 Å². The Kier molecular flexibility index (Phi) is 4.59. The van der Waals surface area contributed by atoms with E-state index in [0.717, 1.165) is 17.8 Å². The lowest BCUT2D eigenvalue weighted by atomic mass is 9.93. The zero-order chi connectivity index (χ0) is 13.0. The van der Waals surface area contributed by atoms with E-state index in [1.165, 1.54) is 37.8 Å². The van der Waals surface area contributed by atoms with Crippen molar-refractivity contribution in [3.05, 3.63) is 23.5 Å². The van der Waals surface area contributed by atoms with Crippen LogP contribution in [0.1, 0.15) is 50.3 Å². The number of anilines is 1. The molecule has 3 nitrogen and oxygen atoms in total. The van der Waals surface area contributed by atoms with Crippen LogP contribution in [-0.2, 0) is 6.61 Å². The molecule has 0 spiro atoms. The number of aryl methyl sites for hydroxylation is 1. The molecule has 0 unspecified atom stereocenters. The normalized spacial score (nSPS) is 16.8. The van der Waals surface area contributed by atoms with Crippen molar-refractivity contribution < 1.29 is 5.11 Å². The average molecular weight is 248 g/mol. The van der Waals surface area contributed by atoms with Crippen LogP contribution in [0.3, 0.4) is 0 Å². The molecule has 0 aromatic carbocycles. The second-order valence-corrected chi connectivity index (χ2v) is 5.19. The minimum Gasteiger partial charge on any atom is -0.392 e. The number of pyridine rings is 1. The molecule has 1 aromatic heterocycles. The van der Waals surface area contributed by atoms with Gasteiger partial charge in [-0.05, 0) is 32.8 Å². The molecule has 1 aliphatic rings. The summed E-state index contributed by atoms with van der Waals surface area (Å²) in [7, 11) is 0. The summed E-state index contributed by atoms with van der Waals surface area (Å²) in [5.74, 6) is 0. The summed E-state index contributed by atoms with van der Waals surface area (Å²) in [6.45, 7) is 5.29. The van der Waals surface area contributed by atoms with Crippen molar-refractivity contribution in [2.45, 2.75) is 58.6 Å². The van der Waals surface area contributed by atoms with E-state index in [-0.39, 0.29) is 6.61 Å². The van der Waals surface area contributed by atoms with Gasteiger partial charge in [-0.15, -0.1) is 0 Å². The third-order valence-corrected chi connectivity index (χ3v) is 3.93. The monoisotopic (exact) mass is 248 g/mol. The fourth-order valence-corrected chi connectivity index (χ4v) is 2.98. The van der Waals surface area contributed by atoms with Crippen LogP contribution in [0, 0.1) is 6.92 Å². The second kappa shape index (κ2) is 6.19. The number of aliphatic hydroxyl groups is 1. The number of hydrogen-bond acceptors (Lipinski definition) is 3. The number of hydrogen-bond donors (Lipinski definition) is 1. The largest absolute Gasteiger partial charge is 0.392 e. The SMILES string of the molecule is CCN(c1cc(C)ncc1CO)C1CCCCC1. The van der Waals surface area contributed by atoms with Gasteiger partial charge in [0.25, 0.3) is 0 Å². The minimum atomic E-state index is 0.0752. The summed E-state index contributed by atoms with van der Waals surface area (Å²) in [6.07, 6.45) is 8.41. The smallest absolute Gasteiger partial charge is 0.0717 e. The van der Waals surface area contributed by atoms with E-state index < -0.39 is 0 Å². The van der Waals surface area contributed by atoms with Gasteiger partial charge in [-0.1, -0.05) is 19.3 Å². The van der Waals surface area contributed by atoms with E-state index in [0.29, 0.717) is 6.04 Å². The molecule has 1 saturated carbocycles. The first-order valence-corrected chi connectivity index (χ1v) is 7.09. The van der Waals surface area contributed by atoms with Crippen molar-refractivity contribution in [2.24, 2.45) is 0 Å². The lowest BCUT2D eigenvalue weighted by molar-refractivity contribution is 0.281. The van der Waals surface area contributed by atoms with Crippen molar-refractivity contribution in [1.82, 2.24) is 4.98 Å². The van der Waals surface area contributed by atoms with Crippen LogP contribution in [0.5, 0.6) is 0 Å². The summed E-state index contributed by atoms with van der Waals surface area (Å²) in [6, 6.07) is 2.75. The van der Waals surface area contributed by atoms with E-state index in [1.54, 1.807) is 0 Å². The molecule has 3 heteroatoms. The van der Waals surface area contributed by atoms with E-state index in [1.807, 2.05) is 13.1 Å². The highest BCUT2D eigenvalue weighted by molar-refractivity contribution is 5.54. The molecule has 0 atom stereocenters. The highest BCUT2D eigenvalue weighted by Crippen LogP contribution is 2.29. The first-order chi connectivity index (χ1) is 8.76. The van der Waals surface area contributed by atoms with Crippen LogP contribution in [0.4, 0.5) is 5.69 Å².